The summed E-state index contributed by atoms with van der Waals surface area (Å²) in [7, 11) is 3.56. The molecular formula is C21H20F3N5O3. The van der Waals surface area contributed by atoms with E-state index in [1.807, 2.05) is 30.1 Å². The number of likely N-dealkylation sites (N-methyl/N-ethyl adjacent to an activating group) is 1. The molecule has 11 heteroatoms. The van der Waals surface area contributed by atoms with Gasteiger partial charge in [0.2, 0.25) is 11.8 Å². The van der Waals surface area contributed by atoms with Crippen molar-refractivity contribution in [1.29, 1.82) is 0 Å². The predicted molar refractivity (Wildman–Crippen MR) is 110 cm³/mol. The number of nitrogens with one attached hydrogen (secondary N) is 1. The van der Waals surface area contributed by atoms with Crippen molar-refractivity contribution in [2.45, 2.75) is 12.8 Å². The Morgan fingerprint density at radius 2 is 1.88 bits per heavy atom. The molecule has 0 aliphatic heterocycles. The van der Waals surface area contributed by atoms with E-state index in [-0.39, 0.29) is 18.2 Å². The van der Waals surface area contributed by atoms with E-state index in [0.29, 0.717) is 24.9 Å². The van der Waals surface area contributed by atoms with Gasteiger partial charge in [0.1, 0.15) is 5.75 Å². The number of hydrogen-bond acceptors (Lipinski definition) is 7. The lowest BCUT2D eigenvalue weighted by Gasteiger charge is -2.14. The first-order valence-corrected chi connectivity index (χ1v) is 9.66. The Bertz CT molecular complexity index is 1190. The van der Waals surface area contributed by atoms with Gasteiger partial charge in [0, 0.05) is 26.3 Å². The molecule has 168 valence electrons. The minimum Gasteiger partial charge on any atom is -0.484 e. The zero-order chi connectivity index (χ0) is 22.7. The summed E-state index contributed by atoms with van der Waals surface area (Å²) >= 11 is 0. The molecule has 2 heterocycles. The van der Waals surface area contributed by atoms with Gasteiger partial charge in [0.25, 0.3) is 5.89 Å². The fraction of sp³-hybridized carbons (Fsp3) is 0.286. The van der Waals surface area contributed by atoms with E-state index in [1.165, 1.54) is 12.1 Å². The SMILES string of the molecule is COCCN(C)c1nc2ccc(-c3noc(COc4ccc(C(F)(F)F)cc4)n3)cc2[nH]1. The van der Waals surface area contributed by atoms with Crippen LogP contribution in [-0.2, 0) is 17.5 Å². The Morgan fingerprint density at radius 1 is 1.09 bits per heavy atom. The number of ether oxygens (including phenoxy) is 2. The summed E-state index contributed by atoms with van der Waals surface area (Å²) in [5, 5.41) is 3.96. The highest BCUT2D eigenvalue weighted by Crippen LogP contribution is 2.30. The van der Waals surface area contributed by atoms with Gasteiger partial charge in [-0.05, 0) is 42.5 Å². The van der Waals surface area contributed by atoms with Crippen LogP contribution < -0.4 is 9.64 Å². The van der Waals surface area contributed by atoms with Crippen LogP contribution in [0.2, 0.25) is 0 Å². The molecule has 4 rings (SSSR count). The molecule has 0 bridgehead atoms. The van der Waals surface area contributed by atoms with Gasteiger partial charge >= 0.3 is 6.18 Å². The molecule has 0 aliphatic rings. The quantitative estimate of drug-likeness (QED) is 0.431. The number of rotatable bonds is 8. The topological polar surface area (TPSA) is 89.3 Å². The number of alkyl halides is 3. The summed E-state index contributed by atoms with van der Waals surface area (Å²) in [5.41, 5.74) is 1.58. The first kappa shape index (κ1) is 21.6. The van der Waals surface area contributed by atoms with Crippen LogP contribution in [0.25, 0.3) is 22.4 Å². The molecule has 2 aromatic carbocycles. The summed E-state index contributed by atoms with van der Waals surface area (Å²) in [6.07, 6.45) is -4.39. The molecule has 0 unspecified atom stereocenters. The second kappa shape index (κ2) is 8.87. The van der Waals surface area contributed by atoms with Crippen molar-refractivity contribution in [3.63, 3.8) is 0 Å². The highest BCUT2D eigenvalue weighted by Gasteiger charge is 2.30. The standard InChI is InChI=1S/C21H20F3N5O3/c1-29(9-10-30-2)20-25-16-8-3-13(11-17(16)26-20)19-27-18(32-28-19)12-31-15-6-4-14(5-7-15)21(22,23)24/h3-8,11H,9-10,12H2,1-2H3,(H,25,26). The molecule has 0 fully saturated rings. The van der Waals surface area contributed by atoms with Crippen molar-refractivity contribution >= 4 is 17.0 Å². The van der Waals surface area contributed by atoms with Gasteiger partial charge in [-0.15, -0.1) is 0 Å². The van der Waals surface area contributed by atoms with Crippen LogP contribution in [0, 0.1) is 0 Å². The van der Waals surface area contributed by atoms with E-state index in [1.54, 1.807) is 7.11 Å². The average Bonchev–Trinajstić information content (AvgIpc) is 3.42. The molecular weight excluding hydrogens is 427 g/mol. The molecule has 0 saturated heterocycles. The Balaban J connectivity index is 1.43. The predicted octanol–water partition coefficient (Wildman–Crippen LogP) is 4.29. The first-order chi connectivity index (χ1) is 15.3. The molecule has 32 heavy (non-hydrogen) atoms. The Hall–Kier alpha value is -3.60. The summed E-state index contributed by atoms with van der Waals surface area (Å²) in [4.78, 5) is 14.1. The van der Waals surface area contributed by atoms with Gasteiger partial charge in [-0.3, -0.25) is 0 Å². The van der Waals surface area contributed by atoms with Gasteiger partial charge in [-0.1, -0.05) is 5.16 Å². The van der Waals surface area contributed by atoms with Crippen molar-refractivity contribution in [2.75, 3.05) is 32.2 Å². The second-order valence-corrected chi connectivity index (χ2v) is 7.03. The number of aromatic nitrogens is 4. The van der Waals surface area contributed by atoms with Crippen LogP contribution in [0.1, 0.15) is 11.5 Å². The highest BCUT2D eigenvalue weighted by atomic mass is 19.4. The number of methoxy groups -OCH3 is 1. The normalized spacial score (nSPS) is 11.8. The van der Waals surface area contributed by atoms with Crippen LogP contribution in [-0.4, -0.2) is 47.4 Å². The number of aromatic amines is 1. The van der Waals surface area contributed by atoms with E-state index >= 15 is 0 Å². The van der Waals surface area contributed by atoms with Gasteiger partial charge in [-0.25, -0.2) is 4.98 Å². The number of nitrogens with zero attached hydrogens (tertiary/aromatic N) is 4. The number of fused-ring (bicyclic) bond motifs is 1. The molecule has 2 aromatic heterocycles. The summed E-state index contributed by atoms with van der Waals surface area (Å²) in [6.45, 7) is 1.20. The largest absolute Gasteiger partial charge is 0.484 e. The molecule has 1 N–H and O–H groups in total. The molecule has 0 atom stereocenters. The van der Waals surface area contributed by atoms with E-state index < -0.39 is 11.7 Å². The van der Waals surface area contributed by atoms with Crippen LogP contribution in [0.3, 0.4) is 0 Å². The van der Waals surface area contributed by atoms with E-state index in [0.717, 1.165) is 28.7 Å². The third kappa shape index (κ3) is 4.83. The second-order valence-electron chi connectivity index (χ2n) is 7.03. The molecule has 0 amide bonds. The van der Waals surface area contributed by atoms with E-state index in [4.69, 9.17) is 14.0 Å². The maximum atomic E-state index is 12.6. The van der Waals surface area contributed by atoms with Gasteiger partial charge in [-0.2, -0.15) is 18.2 Å². The lowest BCUT2D eigenvalue weighted by atomic mass is 10.2. The number of H-pyrrole nitrogens is 1. The summed E-state index contributed by atoms with van der Waals surface area (Å²) < 4.78 is 53.6. The van der Waals surface area contributed by atoms with Crippen molar-refractivity contribution in [1.82, 2.24) is 20.1 Å². The number of imidazole rings is 1. The van der Waals surface area contributed by atoms with Crippen molar-refractivity contribution in [2.24, 2.45) is 0 Å². The maximum Gasteiger partial charge on any atom is 0.416 e. The molecule has 8 nitrogen and oxygen atoms in total. The van der Waals surface area contributed by atoms with Crippen LogP contribution >= 0.6 is 0 Å². The smallest absolute Gasteiger partial charge is 0.416 e. The molecule has 0 spiro atoms. The molecule has 0 saturated carbocycles. The Morgan fingerprint density at radius 3 is 2.59 bits per heavy atom. The third-order valence-electron chi connectivity index (χ3n) is 4.73. The fourth-order valence-corrected chi connectivity index (χ4v) is 2.97. The van der Waals surface area contributed by atoms with E-state index in [9.17, 15) is 13.2 Å². The fourth-order valence-electron chi connectivity index (χ4n) is 2.97. The Labute approximate surface area is 181 Å². The minimum atomic E-state index is -4.39. The zero-order valence-electron chi connectivity index (χ0n) is 17.3. The first-order valence-electron chi connectivity index (χ1n) is 9.66. The minimum absolute atomic E-state index is 0.0703. The molecule has 0 radical (unpaired) electrons. The number of anilines is 1. The number of hydrogen-bond donors (Lipinski definition) is 1. The lowest BCUT2D eigenvalue weighted by Crippen LogP contribution is -2.22. The summed E-state index contributed by atoms with van der Waals surface area (Å²) in [6, 6.07) is 9.93. The molecule has 4 aromatic rings. The van der Waals surface area contributed by atoms with Crippen molar-refractivity contribution in [3.8, 4) is 17.1 Å². The van der Waals surface area contributed by atoms with Crippen LogP contribution in [0.4, 0.5) is 19.1 Å². The average molecular weight is 447 g/mol. The number of benzene rings is 2. The zero-order valence-corrected chi connectivity index (χ0v) is 17.3. The van der Waals surface area contributed by atoms with Gasteiger partial charge in [0.05, 0.1) is 23.2 Å². The van der Waals surface area contributed by atoms with Gasteiger partial charge in [0.15, 0.2) is 6.61 Å². The van der Waals surface area contributed by atoms with E-state index in [2.05, 4.69) is 20.1 Å². The Kier molecular flexibility index (Phi) is 5.99. The molecule has 0 aliphatic carbocycles. The monoisotopic (exact) mass is 447 g/mol. The maximum absolute atomic E-state index is 12.6. The third-order valence-corrected chi connectivity index (χ3v) is 4.73. The highest BCUT2D eigenvalue weighted by molar-refractivity contribution is 5.82. The van der Waals surface area contributed by atoms with Crippen LogP contribution in [0.15, 0.2) is 47.0 Å². The van der Waals surface area contributed by atoms with Crippen molar-refractivity contribution < 1.29 is 27.2 Å². The lowest BCUT2D eigenvalue weighted by molar-refractivity contribution is -0.137. The number of halogens is 3. The van der Waals surface area contributed by atoms with Crippen LogP contribution in [0.5, 0.6) is 5.75 Å². The van der Waals surface area contributed by atoms with Gasteiger partial charge < -0.3 is 23.9 Å². The summed E-state index contributed by atoms with van der Waals surface area (Å²) in [5.74, 6) is 1.54. The van der Waals surface area contributed by atoms with Crippen molar-refractivity contribution in [3.05, 3.63) is 53.9 Å².